The molecule has 1 saturated heterocycles. The fourth-order valence-corrected chi connectivity index (χ4v) is 2.32. The van der Waals surface area contributed by atoms with E-state index in [-0.39, 0.29) is 12.1 Å². The van der Waals surface area contributed by atoms with Crippen LogP contribution in [0.4, 0.5) is 0 Å². The summed E-state index contributed by atoms with van der Waals surface area (Å²) in [6, 6.07) is 0.308. The molecule has 94 valence electrons. The molecule has 0 saturated carbocycles. The smallest absolute Gasteiger partial charge is 0.238 e. The van der Waals surface area contributed by atoms with E-state index in [0.29, 0.717) is 18.5 Å². The second-order valence-corrected chi connectivity index (χ2v) is 5.18. The van der Waals surface area contributed by atoms with Crippen molar-refractivity contribution >= 4 is 5.91 Å². The highest BCUT2D eigenvalue weighted by Gasteiger charge is 2.36. The molecule has 4 heteroatoms. The van der Waals surface area contributed by atoms with Crippen molar-refractivity contribution in [2.24, 2.45) is 5.92 Å². The molecule has 1 aliphatic heterocycles. The molecule has 1 N–H and O–H groups in total. The van der Waals surface area contributed by atoms with Gasteiger partial charge in [-0.1, -0.05) is 20.8 Å². The number of carbonyl (C=O) groups excluding carboxylic acids is 1. The van der Waals surface area contributed by atoms with Gasteiger partial charge in [-0.3, -0.25) is 10.1 Å². The summed E-state index contributed by atoms with van der Waals surface area (Å²) in [6.45, 7) is 7.92. The quantitative estimate of drug-likeness (QED) is 0.752. The monoisotopic (exact) mass is 227 g/mol. The summed E-state index contributed by atoms with van der Waals surface area (Å²) in [6.07, 6.45) is 1.20. The molecule has 1 aliphatic rings. The number of amides is 1. The SMILES string of the molecule is CCC1NCC(=O)N1C(CN(C)C)C(C)C. The van der Waals surface area contributed by atoms with E-state index in [0.717, 1.165) is 13.0 Å². The van der Waals surface area contributed by atoms with Crippen molar-refractivity contribution in [2.75, 3.05) is 27.2 Å². The van der Waals surface area contributed by atoms with E-state index in [1.54, 1.807) is 0 Å². The second kappa shape index (κ2) is 5.64. The van der Waals surface area contributed by atoms with E-state index in [1.165, 1.54) is 0 Å². The first-order valence-corrected chi connectivity index (χ1v) is 6.16. The molecule has 0 bridgehead atoms. The minimum Gasteiger partial charge on any atom is -0.322 e. The predicted octanol–water partition coefficient (Wildman–Crippen LogP) is 0.740. The number of hydrogen-bond acceptors (Lipinski definition) is 3. The Kier molecular flexibility index (Phi) is 4.74. The Hall–Kier alpha value is -0.610. The summed E-state index contributed by atoms with van der Waals surface area (Å²) >= 11 is 0. The first-order chi connectivity index (χ1) is 7.47. The number of hydrogen-bond donors (Lipinski definition) is 1. The van der Waals surface area contributed by atoms with Gasteiger partial charge in [-0.15, -0.1) is 0 Å². The molecule has 4 nitrogen and oxygen atoms in total. The highest BCUT2D eigenvalue weighted by atomic mass is 16.2. The molecule has 0 aliphatic carbocycles. The molecule has 2 atom stereocenters. The normalized spacial score (nSPS) is 23.6. The van der Waals surface area contributed by atoms with Gasteiger partial charge in [0.1, 0.15) is 0 Å². The molecule has 0 aromatic heterocycles. The topological polar surface area (TPSA) is 35.6 Å². The molecule has 1 amide bonds. The predicted molar refractivity (Wildman–Crippen MR) is 66.1 cm³/mol. The fraction of sp³-hybridized carbons (Fsp3) is 0.917. The summed E-state index contributed by atoms with van der Waals surface area (Å²) in [4.78, 5) is 16.1. The Bertz CT molecular complexity index is 240. The standard InChI is InChI=1S/C12H25N3O/c1-6-11-13-7-12(16)15(11)10(9(2)3)8-14(4)5/h9-11,13H,6-8H2,1-5H3. The van der Waals surface area contributed by atoms with Crippen LogP contribution in [0.5, 0.6) is 0 Å². The number of likely N-dealkylation sites (N-methyl/N-ethyl adjacent to an activating group) is 1. The molecule has 1 heterocycles. The van der Waals surface area contributed by atoms with Crippen molar-refractivity contribution in [2.45, 2.75) is 39.4 Å². The van der Waals surface area contributed by atoms with Gasteiger partial charge in [-0.05, 0) is 26.4 Å². The van der Waals surface area contributed by atoms with Crippen LogP contribution in [0.1, 0.15) is 27.2 Å². The molecular formula is C12H25N3O. The minimum atomic E-state index is 0.222. The van der Waals surface area contributed by atoms with Crippen LogP contribution in [0, 0.1) is 5.92 Å². The van der Waals surface area contributed by atoms with Crippen LogP contribution in [0.3, 0.4) is 0 Å². The Morgan fingerprint density at radius 1 is 1.50 bits per heavy atom. The van der Waals surface area contributed by atoms with Crippen molar-refractivity contribution < 1.29 is 4.79 Å². The van der Waals surface area contributed by atoms with Crippen LogP contribution in [-0.4, -0.2) is 55.1 Å². The van der Waals surface area contributed by atoms with E-state index < -0.39 is 0 Å². The molecule has 1 fully saturated rings. The molecule has 16 heavy (non-hydrogen) atoms. The maximum Gasteiger partial charge on any atom is 0.238 e. The highest BCUT2D eigenvalue weighted by Crippen LogP contribution is 2.19. The second-order valence-electron chi connectivity index (χ2n) is 5.18. The van der Waals surface area contributed by atoms with Gasteiger partial charge in [-0.25, -0.2) is 0 Å². The number of nitrogens with one attached hydrogen (secondary N) is 1. The number of carbonyl (C=O) groups is 1. The van der Waals surface area contributed by atoms with Crippen molar-refractivity contribution in [1.29, 1.82) is 0 Å². The lowest BCUT2D eigenvalue weighted by Gasteiger charge is -2.36. The summed E-state index contributed by atoms with van der Waals surface area (Å²) in [5.74, 6) is 0.729. The lowest BCUT2D eigenvalue weighted by atomic mass is 10.0. The average Bonchev–Trinajstić information content (AvgIpc) is 2.55. The van der Waals surface area contributed by atoms with Gasteiger partial charge in [0.25, 0.3) is 0 Å². The van der Waals surface area contributed by atoms with Gasteiger partial charge in [0, 0.05) is 12.6 Å². The summed E-state index contributed by atoms with van der Waals surface area (Å²) < 4.78 is 0. The first kappa shape index (κ1) is 13.5. The largest absolute Gasteiger partial charge is 0.322 e. The van der Waals surface area contributed by atoms with Gasteiger partial charge >= 0.3 is 0 Å². The van der Waals surface area contributed by atoms with Gasteiger partial charge in [-0.2, -0.15) is 0 Å². The molecule has 0 spiro atoms. The average molecular weight is 227 g/mol. The fourth-order valence-electron chi connectivity index (χ4n) is 2.32. The third kappa shape index (κ3) is 2.95. The summed E-state index contributed by atoms with van der Waals surface area (Å²) in [5.41, 5.74) is 0. The van der Waals surface area contributed by atoms with Gasteiger partial charge in [0.15, 0.2) is 0 Å². The van der Waals surface area contributed by atoms with Gasteiger partial charge in [0.2, 0.25) is 5.91 Å². The van der Waals surface area contributed by atoms with E-state index in [9.17, 15) is 4.79 Å². The zero-order valence-electron chi connectivity index (χ0n) is 11.2. The van der Waals surface area contributed by atoms with E-state index in [2.05, 4.69) is 45.1 Å². The molecule has 1 rings (SSSR count). The van der Waals surface area contributed by atoms with E-state index in [1.807, 2.05) is 4.90 Å². The third-order valence-electron chi connectivity index (χ3n) is 3.18. The lowest BCUT2D eigenvalue weighted by Crippen LogP contribution is -2.51. The minimum absolute atomic E-state index is 0.222. The van der Waals surface area contributed by atoms with E-state index >= 15 is 0 Å². The van der Waals surface area contributed by atoms with Crippen molar-refractivity contribution in [3.8, 4) is 0 Å². The van der Waals surface area contributed by atoms with Crippen molar-refractivity contribution in [3.63, 3.8) is 0 Å². The third-order valence-corrected chi connectivity index (χ3v) is 3.18. The Balaban J connectivity index is 2.78. The Labute approximate surface area is 99.0 Å². The first-order valence-electron chi connectivity index (χ1n) is 6.16. The van der Waals surface area contributed by atoms with Gasteiger partial charge < -0.3 is 9.80 Å². The van der Waals surface area contributed by atoms with Crippen LogP contribution in [-0.2, 0) is 4.79 Å². The van der Waals surface area contributed by atoms with Crippen LogP contribution < -0.4 is 5.32 Å². The lowest BCUT2D eigenvalue weighted by molar-refractivity contribution is -0.131. The Morgan fingerprint density at radius 3 is 2.56 bits per heavy atom. The summed E-state index contributed by atoms with van der Waals surface area (Å²) in [7, 11) is 4.12. The van der Waals surface area contributed by atoms with Crippen molar-refractivity contribution in [1.82, 2.24) is 15.1 Å². The van der Waals surface area contributed by atoms with Crippen molar-refractivity contribution in [3.05, 3.63) is 0 Å². The zero-order valence-corrected chi connectivity index (χ0v) is 11.2. The molecule has 2 unspecified atom stereocenters. The summed E-state index contributed by atoms with van der Waals surface area (Å²) in [5, 5.41) is 3.27. The van der Waals surface area contributed by atoms with Crippen LogP contribution >= 0.6 is 0 Å². The zero-order chi connectivity index (χ0) is 12.3. The maximum atomic E-state index is 11.9. The maximum absolute atomic E-state index is 11.9. The van der Waals surface area contributed by atoms with Crippen LogP contribution in [0.15, 0.2) is 0 Å². The molecule has 0 radical (unpaired) electrons. The molecule has 0 aromatic carbocycles. The molecular weight excluding hydrogens is 202 g/mol. The highest BCUT2D eigenvalue weighted by molar-refractivity contribution is 5.81. The molecule has 0 aromatic rings. The number of rotatable bonds is 5. The van der Waals surface area contributed by atoms with Crippen LogP contribution in [0.2, 0.25) is 0 Å². The number of nitrogens with zero attached hydrogens (tertiary/aromatic N) is 2. The van der Waals surface area contributed by atoms with E-state index in [4.69, 9.17) is 0 Å². The van der Waals surface area contributed by atoms with Gasteiger partial charge in [0.05, 0.1) is 12.7 Å². The Morgan fingerprint density at radius 2 is 2.12 bits per heavy atom. The van der Waals surface area contributed by atoms with Crippen LogP contribution in [0.25, 0.3) is 0 Å².